The van der Waals surface area contributed by atoms with Crippen molar-refractivity contribution < 1.29 is 9.18 Å². The Balaban J connectivity index is 1.52. The van der Waals surface area contributed by atoms with E-state index < -0.39 is 0 Å². The van der Waals surface area contributed by atoms with E-state index in [1.165, 1.54) is 11.6 Å². The van der Waals surface area contributed by atoms with E-state index in [1.54, 1.807) is 30.4 Å². The van der Waals surface area contributed by atoms with Crippen LogP contribution in [0.4, 0.5) is 4.39 Å². The molecule has 3 nitrogen and oxygen atoms in total. The summed E-state index contributed by atoms with van der Waals surface area (Å²) in [5, 5.41) is 5.79. The third-order valence-electron chi connectivity index (χ3n) is 3.85. The first-order valence-corrected chi connectivity index (χ1v) is 8.97. The number of benzene rings is 2. The van der Waals surface area contributed by atoms with Gasteiger partial charge in [-0.05, 0) is 29.7 Å². The molecule has 128 valence electrons. The molecule has 1 amide bonds. The van der Waals surface area contributed by atoms with Crippen LogP contribution in [-0.4, -0.2) is 10.9 Å². The standard InChI is InChI=1S/C20H19FN2OS/c1-14-9-16(7-8-18(14)21)12-22-19(24)11-17-13-25-20(23-17)10-15-5-3-2-4-6-15/h2-9,13H,10-12H2,1H3,(H,22,24). The predicted octanol–water partition coefficient (Wildman–Crippen LogP) is 4.04. The highest BCUT2D eigenvalue weighted by atomic mass is 32.1. The highest BCUT2D eigenvalue weighted by molar-refractivity contribution is 7.09. The first kappa shape index (κ1) is 17.3. The largest absolute Gasteiger partial charge is 0.352 e. The molecule has 0 saturated heterocycles. The summed E-state index contributed by atoms with van der Waals surface area (Å²) in [7, 11) is 0. The number of hydrogen-bond donors (Lipinski definition) is 1. The zero-order valence-corrected chi connectivity index (χ0v) is 14.8. The molecule has 3 rings (SSSR count). The maximum absolute atomic E-state index is 13.2. The molecule has 0 atom stereocenters. The van der Waals surface area contributed by atoms with E-state index in [9.17, 15) is 9.18 Å². The average molecular weight is 354 g/mol. The minimum atomic E-state index is -0.233. The van der Waals surface area contributed by atoms with Gasteiger partial charge in [-0.15, -0.1) is 11.3 Å². The Morgan fingerprint density at radius 1 is 1.16 bits per heavy atom. The van der Waals surface area contributed by atoms with Crippen molar-refractivity contribution in [3.05, 3.63) is 87.1 Å². The van der Waals surface area contributed by atoms with Gasteiger partial charge in [-0.2, -0.15) is 0 Å². The fourth-order valence-corrected chi connectivity index (χ4v) is 3.35. The van der Waals surface area contributed by atoms with Gasteiger partial charge in [0, 0.05) is 18.3 Å². The minimum absolute atomic E-state index is 0.0847. The Labute approximate surface area is 150 Å². The fraction of sp³-hybridized carbons (Fsp3) is 0.200. The van der Waals surface area contributed by atoms with Gasteiger partial charge < -0.3 is 5.32 Å². The molecular formula is C20H19FN2OS. The summed E-state index contributed by atoms with van der Waals surface area (Å²) in [6, 6.07) is 15.0. The van der Waals surface area contributed by atoms with E-state index in [0.717, 1.165) is 22.7 Å². The van der Waals surface area contributed by atoms with Crippen molar-refractivity contribution in [1.29, 1.82) is 0 Å². The Morgan fingerprint density at radius 2 is 1.96 bits per heavy atom. The summed E-state index contributed by atoms with van der Waals surface area (Å²) in [5.41, 5.74) is 3.45. The summed E-state index contributed by atoms with van der Waals surface area (Å²) < 4.78 is 13.2. The maximum Gasteiger partial charge on any atom is 0.226 e. The molecule has 0 spiro atoms. The number of carbonyl (C=O) groups is 1. The number of amides is 1. The lowest BCUT2D eigenvalue weighted by Crippen LogP contribution is -2.24. The lowest BCUT2D eigenvalue weighted by Gasteiger charge is -2.06. The number of aryl methyl sites for hydroxylation is 1. The smallest absolute Gasteiger partial charge is 0.226 e. The van der Waals surface area contributed by atoms with E-state index in [1.807, 2.05) is 23.6 Å². The minimum Gasteiger partial charge on any atom is -0.352 e. The molecule has 1 aromatic heterocycles. The van der Waals surface area contributed by atoms with Crippen molar-refractivity contribution in [2.24, 2.45) is 0 Å². The monoisotopic (exact) mass is 354 g/mol. The zero-order valence-electron chi connectivity index (χ0n) is 14.0. The third kappa shape index (κ3) is 4.97. The van der Waals surface area contributed by atoms with Crippen LogP contribution in [0, 0.1) is 12.7 Å². The van der Waals surface area contributed by atoms with Gasteiger partial charge >= 0.3 is 0 Å². The van der Waals surface area contributed by atoms with Crippen molar-refractivity contribution >= 4 is 17.2 Å². The van der Waals surface area contributed by atoms with Crippen molar-refractivity contribution in [1.82, 2.24) is 10.3 Å². The fourth-order valence-electron chi connectivity index (χ4n) is 2.53. The molecule has 0 radical (unpaired) electrons. The SMILES string of the molecule is Cc1cc(CNC(=O)Cc2csc(Cc3ccccc3)n2)ccc1F. The number of thiazole rings is 1. The Hall–Kier alpha value is -2.53. The zero-order chi connectivity index (χ0) is 17.6. The van der Waals surface area contributed by atoms with Crippen LogP contribution < -0.4 is 5.32 Å². The van der Waals surface area contributed by atoms with E-state index in [-0.39, 0.29) is 18.1 Å². The molecule has 5 heteroatoms. The number of nitrogens with one attached hydrogen (secondary N) is 1. The second-order valence-corrected chi connectivity index (χ2v) is 6.87. The molecule has 0 aliphatic heterocycles. The summed E-state index contributed by atoms with van der Waals surface area (Å²) in [4.78, 5) is 16.6. The number of nitrogens with zero attached hydrogens (tertiary/aromatic N) is 1. The normalized spacial score (nSPS) is 10.6. The van der Waals surface area contributed by atoms with Crippen LogP contribution in [0.2, 0.25) is 0 Å². The first-order valence-electron chi connectivity index (χ1n) is 8.09. The molecule has 0 saturated carbocycles. The first-order chi connectivity index (χ1) is 12.1. The van der Waals surface area contributed by atoms with Crippen LogP contribution >= 0.6 is 11.3 Å². The van der Waals surface area contributed by atoms with Crippen LogP contribution in [0.1, 0.15) is 27.4 Å². The molecule has 0 bridgehead atoms. The van der Waals surface area contributed by atoms with Gasteiger partial charge in [0.15, 0.2) is 0 Å². The highest BCUT2D eigenvalue weighted by Gasteiger charge is 2.09. The van der Waals surface area contributed by atoms with Crippen LogP contribution in [0.25, 0.3) is 0 Å². The van der Waals surface area contributed by atoms with Gasteiger partial charge in [-0.25, -0.2) is 9.37 Å². The van der Waals surface area contributed by atoms with E-state index in [0.29, 0.717) is 12.1 Å². The Bertz CT molecular complexity index is 861. The number of hydrogen-bond acceptors (Lipinski definition) is 3. The second kappa shape index (κ2) is 8.03. The van der Waals surface area contributed by atoms with Gasteiger partial charge in [-0.3, -0.25) is 4.79 Å². The lowest BCUT2D eigenvalue weighted by atomic mass is 10.1. The summed E-state index contributed by atoms with van der Waals surface area (Å²) >= 11 is 1.57. The number of rotatable bonds is 6. The number of aromatic nitrogens is 1. The molecular weight excluding hydrogens is 335 g/mol. The molecule has 1 heterocycles. The Kier molecular flexibility index (Phi) is 5.56. The van der Waals surface area contributed by atoms with Gasteiger partial charge in [0.2, 0.25) is 5.91 Å². The van der Waals surface area contributed by atoms with Crippen LogP contribution in [-0.2, 0) is 24.2 Å². The summed E-state index contributed by atoms with van der Waals surface area (Å²) in [5.74, 6) is -0.318. The molecule has 0 unspecified atom stereocenters. The molecule has 1 N–H and O–H groups in total. The molecule has 0 aliphatic rings. The van der Waals surface area contributed by atoms with Gasteiger partial charge in [-0.1, -0.05) is 42.5 Å². The quantitative estimate of drug-likeness (QED) is 0.726. The van der Waals surface area contributed by atoms with Crippen molar-refractivity contribution in [2.75, 3.05) is 0 Å². The second-order valence-electron chi connectivity index (χ2n) is 5.93. The third-order valence-corrected chi connectivity index (χ3v) is 4.75. The topological polar surface area (TPSA) is 42.0 Å². The molecule has 0 fully saturated rings. The van der Waals surface area contributed by atoms with Gasteiger partial charge in [0.1, 0.15) is 5.82 Å². The van der Waals surface area contributed by atoms with Crippen molar-refractivity contribution in [3.63, 3.8) is 0 Å². The number of halogens is 1. The Morgan fingerprint density at radius 3 is 2.72 bits per heavy atom. The maximum atomic E-state index is 13.2. The van der Waals surface area contributed by atoms with Gasteiger partial charge in [0.25, 0.3) is 0 Å². The molecule has 3 aromatic rings. The number of carbonyl (C=O) groups excluding carboxylic acids is 1. The average Bonchev–Trinajstić information content (AvgIpc) is 3.03. The van der Waals surface area contributed by atoms with E-state index >= 15 is 0 Å². The lowest BCUT2D eigenvalue weighted by molar-refractivity contribution is -0.120. The summed E-state index contributed by atoms with van der Waals surface area (Å²) in [6.45, 7) is 2.10. The van der Waals surface area contributed by atoms with Crippen molar-refractivity contribution in [3.8, 4) is 0 Å². The molecule has 2 aromatic carbocycles. The molecule has 25 heavy (non-hydrogen) atoms. The van der Waals surface area contributed by atoms with Crippen molar-refractivity contribution in [2.45, 2.75) is 26.3 Å². The van der Waals surface area contributed by atoms with E-state index in [4.69, 9.17) is 0 Å². The predicted molar refractivity (Wildman–Crippen MR) is 98.0 cm³/mol. The van der Waals surface area contributed by atoms with Gasteiger partial charge in [0.05, 0.1) is 17.1 Å². The van der Waals surface area contributed by atoms with E-state index in [2.05, 4.69) is 22.4 Å². The van der Waals surface area contributed by atoms with Crippen LogP contribution in [0.3, 0.4) is 0 Å². The molecule has 0 aliphatic carbocycles. The van der Waals surface area contributed by atoms with Crippen LogP contribution in [0.5, 0.6) is 0 Å². The summed E-state index contributed by atoms with van der Waals surface area (Å²) in [6.07, 6.45) is 1.04. The highest BCUT2D eigenvalue weighted by Crippen LogP contribution is 2.15. The van der Waals surface area contributed by atoms with Crippen LogP contribution in [0.15, 0.2) is 53.9 Å².